The zero-order valence-electron chi connectivity index (χ0n) is 16.8. The van der Waals surface area contributed by atoms with Crippen molar-refractivity contribution < 1.29 is 14.3 Å². The van der Waals surface area contributed by atoms with Gasteiger partial charge in [-0.2, -0.15) is 5.26 Å². The van der Waals surface area contributed by atoms with Gasteiger partial charge < -0.3 is 19.4 Å². The molecule has 0 aliphatic carbocycles. The molecule has 0 unspecified atom stereocenters. The molecule has 1 aromatic heterocycles. The summed E-state index contributed by atoms with van der Waals surface area (Å²) in [5, 5.41) is 12.3. The molecule has 0 atom stereocenters. The summed E-state index contributed by atoms with van der Waals surface area (Å²) < 4.78 is 12.9. The number of hydrogen-bond acceptors (Lipinski definition) is 4. The van der Waals surface area contributed by atoms with Crippen LogP contribution in [0.5, 0.6) is 11.5 Å². The summed E-state index contributed by atoms with van der Waals surface area (Å²) in [5.41, 5.74) is 4.70. The Labute approximate surface area is 175 Å². The van der Waals surface area contributed by atoms with Crippen LogP contribution in [0.2, 0.25) is 0 Å². The minimum absolute atomic E-state index is 0.0665. The van der Waals surface area contributed by atoms with Crippen molar-refractivity contribution in [3.8, 4) is 23.3 Å². The van der Waals surface area contributed by atoms with E-state index in [1.807, 2.05) is 74.5 Å². The number of fused-ring (bicyclic) bond motifs is 1. The highest BCUT2D eigenvalue weighted by Gasteiger charge is 2.17. The van der Waals surface area contributed by atoms with E-state index in [9.17, 15) is 10.1 Å². The highest BCUT2D eigenvalue weighted by molar-refractivity contribution is 6.01. The number of nitrogens with one attached hydrogen (secondary N) is 1. The number of aromatic nitrogens is 1. The molecular weight excluding hydrogens is 378 g/mol. The predicted octanol–water partition coefficient (Wildman–Crippen LogP) is 4.05. The van der Waals surface area contributed by atoms with Gasteiger partial charge in [-0.05, 0) is 49.2 Å². The normalized spacial score (nSPS) is 12.5. The molecule has 30 heavy (non-hydrogen) atoms. The predicted molar refractivity (Wildman–Crippen MR) is 113 cm³/mol. The Balaban J connectivity index is 1.59. The molecule has 1 aliphatic heterocycles. The van der Waals surface area contributed by atoms with Crippen LogP contribution in [-0.2, 0) is 11.3 Å². The van der Waals surface area contributed by atoms with Gasteiger partial charge in [0, 0.05) is 29.7 Å². The van der Waals surface area contributed by atoms with E-state index in [1.165, 1.54) is 0 Å². The van der Waals surface area contributed by atoms with Crippen LogP contribution in [0.25, 0.3) is 11.8 Å². The van der Waals surface area contributed by atoms with Crippen molar-refractivity contribution in [2.24, 2.45) is 0 Å². The maximum Gasteiger partial charge on any atom is 0.262 e. The maximum absolute atomic E-state index is 12.5. The zero-order chi connectivity index (χ0) is 21.1. The Hall–Kier alpha value is -3.98. The summed E-state index contributed by atoms with van der Waals surface area (Å²) >= 11 is 0. The number of benzene rings is 2. The Morgan fingerprint density at radius 3 is 2.67 bits per heavy atom. The summed E-state index contributed by atoms with van der Waals surface area (Å²) in [6.45, 7) is 4.53. The van der Waals surface area contributed by atoms with Gasteiger partial charge in [0.2, 0.25) is 6.79 Å². The lowest BCUT2D eigenvalue weighted by Gasteiger charge is -2.10. The summed E-state index contributed by atoms with van der Waals surface area (Å²) in [7, 11) is 0. The number of nitrogens with zero attached hydrogens (tertiary/aromatic N) is 2. The van der Waals surface area contributed by atoms with Gasteiger partial charge in [0.05, 0.1) is 0 Å². The van der Waals surface area contributed by atoms with E-state index in [4.69, 9.17) is 9.47 Å². The number of carbonyl (C=O) groups is 1. The molecule has 0 spiro atoms. The maximum atomic E-state index is 12.5. The number of rotatable bonds is 5. The van der Waals surface area contributed by atoms with Gasteiger partial charge >= 0.3 is 0 Å². The zero-order valence-corrected chi connectivity index (χ0v) is 16.8. The summed E-state index contributed by atoms with van der Waals surface area (Å²) in [5.74, 6) is 1.03. The molecular formula is C24H21N3O3. The molecule has 1 aliphatic rings. The first-order valence-electron chi connectivity index (χ1n) is 9.59. The van der Waals surface area contributed by atoms with Gasteiger partial charge in [-0.25, -0.2) is 0 Å². The van der Waals surface area contributed by atoms with Crippen molar-refractivity contribution in [1.29, 1.82) is 5.26 Å². The molecule has 6 heteroatoms. The summed E-state index contributed by atoms with van der Waals surface area (Å²) in [6.07, 6.45) is 1.63. The number of hydrogen-bond donors (Lipinski definition) is 1. The highest BCUT2D eigenvalue weighted by Crippen LogP contribution is 2.35. The monoisotopic (exact) mass is 399 g/mol. The largest absolute Gasteiger partial charge is 0.454 e. The molecule has 2 heterocycles. The van der Waals surface area contributed by atoms with E-state index in [-0.39, 0.29) is 12.4 Å². The van der Waals surface area contributed by atoms with Gasteiger partial charge in [-0.1, -0.05) is 30.3 Å². The van der Waals surface area contributed by atoms with Crippen LogP contribution in [-0.4, -0.2) is 17.3 Å². The number of amides is 1. The summed E-state index contributed by atoms with van der Waals surface area (Å²) in [6, 6.07) is 19.3. The quantitative estimate of drug-likeness (QED) is 0.519. The molecule has 4 rings (SSSR count). The van der Waals surface area contributed by atoms with Crippen molar-refractivity contribution >= 4 is 12.0 Å². The van der Waals surface area contributed by atoms with E-state index in [1.54, 1.807) is 6.08 Å². The molecule has 1 N–H and O–H groups in total. The van der Waals surface area contributed by atoms with Crippen molar-refractivity contribution in [2.75, 3.05) is 6.79 Å². The lowest BCUT2D eigenvalue weighted by atomic mass is 10.1. The fourth-order valence-electron chi connectivity index (χ4n) is 3.53. The number of aryl methyl sites for hydroxylation is 1. The fraction of sp³-hybridized carbons (Fsp3) is 0.167. The standard InChI is InChI=1S/C24H21N3O3/c1-16-10-19(11-20(13-25)24(28)26-14-18-6-4-3-5-7-18)17(2)27(16)21-8-9-22-23(12-21)30-15-29-22/h3-12H,14-15H2,1-2H3,(H,26,28)/b20-11-. The lowest BCUT2D eigenvalue weighted by molar-refractivity contribution is -0.117. The average Bonchev–Trinajstić information content (AvgIpc) is 3.34. The Kier molecular flexibility index (Phi) is 5.27. The Morgan fingerprint density at radius 2 is 1.90 bits per heavy atom. The first kappa shape index (κ1) is 19.3. The van der Waals surface area contributed by atoms with Gasteiger partial charge in [-0.15, -0.1) is 0 Å². The second-order valence-electron chi connectivity index (χ2n) is 7.04. The van der Waals surface area contributed by atoms with Crippen molar-refractivity contribution in [3.05, 3.63) is 82.7 Å². The van der Waals surface area contributed by atoms with Gasteiger partial charge in [0.15, 0.2) is 11.5 Å². The fourth-order valence-corrected chi connectivity index (χ4v) is 3.53. The molecule has 0 radical (unpaired) electrons. The first-order chi connectivity index (χ1) is 14.6. The molecule has 2 aromatic carbocycles. The second-order valence-corrected chi connectivity index (χ2v) is 7.04. The molecule has 0 saturated carbocycles. The number of nitriles is 1. The molecule has 150 valence electrons. The number of carbonyl (C=O) groups excluding carboxylic acids is 1. The third-order valence-corrected chi connectivity index (χ3v) is 5.05. The van der Waals surface area contributed by atoms with Crippen molar-refractivity contribution in [1.82, 2.24) is 9.88 Å². The minimum atomic E-state index is -0.394. The van der Waals surface area contributed by atoms with E-state index in [0.29, 0.717) is 12.3 Å². The Bertz CT molecular complexity index is 1170. The van der Waals surface area contributed by atoms with E-state index in [0.717, 1.165) is 34.0 Å². The highest BCUT2D eigenvalue weighted by atomic mass is 16.7. The second kappa shape index (κ2) is 8.18. The smallest absolute Gasteiger partial charge is 0.262 e. The topological polar surface area (TPSA) is 76.3 Å². The average molecular weight is 399 g/mol. The van der Waals surface area contributed by atoms with Crippen LogP contribution in [0.15, 0.2) is 60.2 Å². The van der Waals surface area contributed by atoms with Gasteiger partial charge in [-0.3, -0.25) is 4.79 Å². The minimum Gasteiger partial charge on any atom is -0.454 e. The molecule has 0 fully saturated rings. The van der Waals surface area contributed by atoms with Crippen LogP contribution < -0.4 is 14.8 Å². The molecule has 0 bridgehead atoms. The molecule has 0 saturated heterocycles. The third kappa shape index (κ3) is 3.78. The molecule has 3 aromatic rings. The summed E-state index contributed by atoms with van der Waals surface area (Å²) in [4.78, 5) is 12.5. The third-order valence-electron chi connectivity index (χ3n) is 5.05. The Morgan fingerprint density at radius 1 is 1.13 bits per heavy atom. The lowest BCUT2D eigenvalue weighted by Crippen LogP contribution is -2.23. The van der Waals surface area contributed by atoms with Gasteiger partial charge in [0.25, 0.3) is 5.91 Å². The van der Waals surface area contributed by atoms with Crippen molar-refractivity contribution in [3.63, 3.8) is 0 Å². The van der Waals surface area contributed by atoms with E-state index in [2.05, 4.69) is 9.88 Å². The van der Waals surface area contributed by atoms with Gasteiger partial charge in [0.1, 0.15) is 11.6 Å². The van der Waals surface area contributed by atoms with Crippen LogP contribution >= 0.6 is 0 Å². The van der Waals surface area contributed by atoms with Crippen LogP contribution in [0.1, 0.15) is 22.5 Å². The first-order valence-corrected chi connectivity index (χ1v) is 9.59. The SMILES string of the molecule is Cc1cc(/C=C(/C#N)C(=O)NCc2ccccc2)c(C)n1-c1ccc2c(c1)OCO2. The van der Waals surface area contributed by atoms with Crippen LogP contribution in [0, 0.1) is 25.2 Å². The van der Waals surface area contributed by atoms with Crippen LogP contribution in [0.3, 0.4) is 0 Å². The molecule has 6 nitrogen and oxygen atoms in total. The van der Waals surface area contributed by atoms with E-state index < -0.39 is 5.91 Å². The van der Waals surface area contributed by atoms with Crippen LogP contribution in [0.4, 0.5) is 0 Å². The van der Waals surface area contributed by atoms with E-state index >= 15 is 0 Å². The number of ether oxygens (including phenoxy) is 2. The molecule has 1 amide bonds. The van der Waals surface area contributed by atoms with Crippen molar-refractivity contribution in [2.45, 2.75) is 20.4 Å².